The maximum Gasteiger partial charge on any atom is 0.412 e. The van der Waals surface area contributed by atoms with Crippen LogP contribution in [-0.2, 0) is 16.0 Å². The average Bonchev–Trinajstić information content (AvgIpc) is 2.73. The van der Waals surface area contributed by atoms with Gasteiger partial charge in [-0.2, -0.15) is 0 Å². The van der Waals surface area contributed by atoms with Crippen molar-refractivity contribution in [3.05, 3.63) is 54.2 Å². The standard InChI is InChI=1S/C23H27N5O4/c1-23(2,3)32-22(30)27-17-9-10-18(15-7-5-4-6-14(15)17)31-19-12-13-26-21(24)16(19)8-11-20(29)28-25/h4-7,9-10,12-13H,8,11,25H2,1-3H3,(H2,24,26)(H,27,30)(H,28,29). The number of anilines is 2. The van der Waals surface area contributed by atoms with Crippen molar-refractivity contribution < 1.29 is 19.1 Å². The van der Waals surface area contributed by atoms with Crippen molar-refractivity contribution in [2.24, 2.45) is 5.84 Å². The number of aromatic nitrogens is 1. The van der Waals surface area contributed by atoms with Gasteiger partial charge in [-0.25, -0.2) is 15.6 Å². The van der Waals surface area contributed by atoms with E-state index in [2.05, 4.69) is 15.7 Å². The van der Waals surface area contributed by atoms with Crippen molar-refractivity contribution in [2.75, 3.05) is 11.1 Å². The highest BCUT2D eigenvalue weighted by Crippen LogP contribution is 2.36. The fraction of sp³-hybridized carbons (Fsp3) is 0.261. The third-order valence-corrected chi connectivity index (χ3v) is 4.55. The molecule has 0 atom stereocenters. The van der Waals surface area contributed by atoms with Crippen LogP contribution in [0, 0.1) is 0 Å². The van der Waals surface area contributed by atoms with Crippen molar-refractivity contribution in [1.29, 1.82) is 0 Å². The van der Waals surface area contributed by atoms with Crippen molar-refractivity contribution in [1.82, 2.24) is 10.4 Å². The SMILES string of the molecule is CC(C)(C)OC(=O)Nc1ccc(Oc2ccnc(N)c2CCC(=O)NN)c2ccccc12. The molecule has 1 heterocycles. The fourth-order valence-electron chi connectivity index (χ4n) is 3.15. The van der Waals surface area contributed by atoms with Crippen LogP contribution in [0.25, 0.3) is 10.8 Å². The Morgan fingerprint density at radius 2 is 1.75 bits per heavy atom. The molecule has 168 valence electrons. The highest BCUT2D eigenvalue weighted by Gasteiger charge is 2.18. The number of hydrogen-bond donors (Lipinski definition) is 4. The fourth-order valence-corrected chi connectivity index (χ4v) is 3.15. The lowest BCUT2D eigenvalue weighted by atomic mass is 10.1. The van der Waals surface area contributed by atoms with Crippen molar-refractivity contribution >= 4 is 34.3 Å². The lowest BCUT2D eigenvalue weighted by Gasteiger charge is -2.20. The third kappa shape index (κ3) is 5.64. The van der Waals surface area contributed by atoms with Crippen LogP contribution in [0.2, 0.25) is 0 Å². The molecule has 2 amide bonds. The first-order valence-corrected chi connectivity index (χ1v) is 10.1. The molecule has 0 aliphatic carbocycles. The second-order valence-electron chi connectivity index (χ2n) is 8.13. The molecule has 0 bridgehead atoms. The largest absolute Gasteiger partial charge is 0.456 e. The molecular weight excluding hydrogens is 410 g/mol. The van der Waals surface area contributed by atoms with Gasteiger partial charge in [0.25, 0.3) is 0 Å². The Morgan fingerprint density at radius 3 is 2.44 bits per heavy atom. The summed E-state index contributed by atoms with van der Waals surface area (Å²) in [5.41, 5.74) is 8.72. The summed E-state index contributed by atoms with van der Waals surface area (Å²) in [7, 11) is 0. The highest BCUT2D eigenvalue weighted by atomic mass is 16.6. The minimum absolute atomic E-state index is 0.141. The number of nitrogens with zero attached hydrogens (tertiary/aromatic N) is 1. The normalized spacial score (nSPS) is 11.1. The van der Waals surface area contributed by atoms with E-state index >= 15 is 0 Å². The molecular formula is C23H27N5O4. The Hall–Kier alpha value is -3.85. The molecule has 6 N–H and O–H groups in total. The zero-order valence-corrected chi connectivity index (χ0v) is 18.3. The van der Waals surface area contributed by atoms with E-state index in [4.69, 9.17) is 21.1 Å². The maximum atomic E-state index is 12.3. The summed E-state index contributed by atoms with van der Waals surface area (Å²) >= 11 is 0. The van der Waals surface area contributed by atoms with Gasteiger partial charge in [-0.15, -0.1) is 0 Å². The summed E-state index contributed by atoms with van der Waals surface area (Å²) in [4.78, 5) is 27.9. The number of carbonyl (C=O) groups excluding carboxylic acids is 2. The van der Waals surface area contributed by atoms with Gasteiger partial charge in [0.2, 0.25) is 5.91 Å². The summed E-state index contributed by atoms with van der Waals surface area (Å²) in [6, 6.07) is 12.7. The molecule has 0 aliphatic rings. The molecule has 0 saturated carbocycles. The summed E-state index contributed by atoms with van der Waals surface area (Å²) in [6.45, 7) is 5.41. The first-order chi connectivity index (χ1) is 15.2. The molecule has 9 heteroatoms. The van der Waals surface area contributed by atoms with Gasteiger partial charge in [0.15, 0.2) is 0 Å². The molecule has 0 spiro atoms. The van der Waals surface area contributed by atoms with Crippen LogP contribution in [0.5, 0.6) is 11.5 Å². The Labute approximate surface area is 186 Å². The Bertz CT molecular complexity index is 1140. The second kappa shape index (κ2) is 9.52. The van der Waals surface area contributed by atoms with Crippen molar-refractivity contribution in [2.45, 2.75) is 39.2 Å². The van der Waals surface area contributed by atoms with Crippen molar-refractivity contribution in [3.8, 4) is 11.5 Å². The summed E-state index contributed by atoms with van der Waals surface area (Å²) in [6.07, 6.45) is 1.45. The minimum Gasteiger partial charge on any atom is -0.456 e. The molecule has 2 aromatic carbocycles. The van der Waals surface area contributed by atoms with Gasteiger partial charge in [0, 0.05) is 29.0 Å². The summed E-state index contributed by atoms with van der Waals surface area (Å²) < 4.78 is 11.5. The number of amides is 2. The van der Waals surface area contributed by atoms with Crippen LogP contribution in [0.15, 0.2) is 48.7 Å². The number of hydrazine groups is 1. The van der Waals surface area contributed by atoms with E-state index in [0.717, 1.165) is 10.8 Å². The van der Waals surface area contributed by atoms with Gasteiger partial charge < -0.3 is 15.2 Å². The van der Waals surface area contributed by atoms with Gasteiger partial charge in [-0.05, 0) is 45.4 Å². The number of pyridine rings is 1. The average molecular weight is 438 g/mol. The van der Waals surface area contributed by atoms with Crippen LogP contribution in [-0.4, -0.2) is 22.6 Å². The molecule has 0 saturated heterocycles. The monoisotopic (exact) mass is 437 g/mol. The molecule has 3 rings (SSSR count). The van der Waals surface area contributed by atoms with Crippen molar-refractivity contribution in [3.63, 3.8) is 0 Å². The molecule has 0 fully saturated rings. The van der Waals surface area contributed by atoms with E-state index in [1.807, 2.05) is 24.3 Å². The number of nitrogen functional groups attached to an aromatic ring is 1. The molecule has 32 heavy (non-hydrogen) atoms. The zero-order chi connectivity index (χ0) is 23.3. The quantitative estimate of drug-likeness (QED) is 0.260. The Morgan fingerprint density at radius 1 is 1.03 bits per heavy atom. The van der Waals surface area contributed by atoms with E-state index in [0.29, 0.717) is 29.2 Å². The first-order valence-electron chi connectivity index (χ1n) is 10.1. The predicted molar refractivity (Wildman–Crippen MR) is 123 cm³/mol. The van der Waals surface area contributed by atoms with Crippen LogP contribution >= 0.6 is 0 Å². The summed E-state index contributed by atoms with van der Waals surface area (Å²) in [5, 5.41) is 4.35. The van der Waals surface area contributed by atoms with Gasteiger partial charge in [-0.1, -0.05) is 24.3 Å². The molecule has 3 aromatic rings. The van der Waals surface area contributed by atoms with Gasteiger partial charge in [-0.3, -0.25) is 15.5 Å². The van der Waals surface area contributed by atoms with E-state index < -0.39 is 11.7 Å². The van der Waals surface area contributed by atoms with Crippen LogP contribution < -0.4 is 27.1 Å². The topological polar surface area (TPSA) is 142 Å². The van der Waals surface area contributed by atoms with Crippen LogP contribution in [0.3, 0.4) is 0 Å². The second-order valence-corrected chi connectivity index (χ2v) is 8.13. The number of benzene rings is 2. The van der Waals surface area contributed by atoms with E-state index in [1.54, 1.807) is 39.0 Å². The summed E-state index contributed by atoms with van der Waals surface area (Å²) in [5.74, 6) is 6.17. The number of nitrogens with one attached hydrogen (secondary N) is 2. The minimum atomic E-state index is -0.610. The number of ether oxygens (including phenoxy) is 2. The molecule has 0 unspecified atom stereocenters. The third-order valence-electron chi connectivity index (χ3n) is 4.55. The smallest absolute Gasteiger partial charge is 0.412 e. The zero-order valence-electron chi connectivity index (χ0n) is 18.3. The van der Waals surface area contributed by atoms with Gasteiger partial charge >= 0.3 is 6.09 Å². The van der Waals surface area contributed by atoms with E-state index in [9.17, 15) is 9.59 Å². The van der Waals surface area contributed by atoms with E-state index in [1.165, 1.54) is 6.20 Å². The first kappa shape index (κ1) is 22.8. The number of fused-ring (bicyclic) bond motifs is 1. The van der Waals surface area contributed by atoms with Gasteiger partial charge in [0.05, 0.1) is 5.69 Å². The molecule has 9 nitrogen and oxygen atoms in total. The molecule has 0 radical (unpaired) electrons. The lowest BCUT2D eigenvalue weighted by molar-refractivity contribution is -0.121. The highest BCUT2D eigenvalue weighted by molar-refractivity contribution is 6.02. The van der Waals surface area contributed by atoms with Gasteiger partial charge in [0.1, 0.15) is 22.9 Å². The lowest BCUT2D eigenvalue weighted by Crippen LogP contribution is -2.30. The predicted octanol–water partition coefficient (Wildman–Crippen LogP) is 3.88. The number of hydrogen-bond acceptors (Lipinski definition) is 7. The molecule has 1 aromatic heterocycles. The number of nitrogens with two attached hydrogens (primary N) is 2. The Balaban J connectivity index is 1.92. The van der Waals surface area contributed by atoms with Crippen LogP contribution in [0.4, 0.5) is 16.3 Å². The van der Waals surface area contributed by atoms with E-state index in [-0.39, 0.29) is 18.1 Å². The van der Waals surface area contributed by atoms with Crippen LogP contribution in [0.1, 0.15) is 32.8 Å². The number of carbonyl (C=O) groups is 2. The Kier molecular flexibility index (Phi) is 6.79. The maximum absolute atomic E-state index is 12.3. The molecule has 0 aliphatic heterocycles. The number of rotatable bonds is 6.